The Morgan fingerprint density at radius 3 is 2.67 bits per heavy atom. The molecule has 0 aliphatic heterocycles. The Bertz CT molecular complexity index is 632. The molecular formula is C15H18FN3O2. The van der Waals surface area contributed by atoms with Crippen molar-refractivity contribution >= 4 is 5.91 Å². The Balaban J connectivity index is 1.89. The molecule has 0 atom stereocenters. The van der Waals surface area contributed by atoms with E-state index in [1.807, 2.05) is 20.8 Å². The van der Waals surface area contributed by atoms with Crippen LogP contribution in [-0.2, 0) is 11.8 Å². The molecule has 6 heteroatoms. The highest BCUT2D eigenvalue weighted by atomic mass is 19.1. The molecule has 0 aliphatic carbocycles. The first-order valence-electron chi connectivity index (χ1n) is 6.74. The van der Waals surface area contributed by atoms with Crippen LogP contribution in [0, 0.1) is 5.82 Å². The summed E-state index contributed by atoms with van der Waals surface area (Å²) in [6.07, 6.45) is 0.430. The van der Waals surface area contributed by atoms with Crippen LogP contribution >= 0.6 is 0 Å². The summed E-state index contributed by atoms with van der Waals surface area (Å²) in [5, 5.41) is 6.49. The van der Waals surface area contributed by atoms with Crippen LogP contribution in [0.1, 0.15) is 42.8 Å². The van der Waals surface area contributed by atoms with Crippen molar-refractivity contribution in [3.8, 4) is 0 Å². The predicted molar refractivity (Wildman–Crippen MR) is 75.4 cm³/mol. The second-order valence-electron chi connectivity index (χ2n) is 5.75. The standard InChI is InChI=1S/C15H18FN3O2/c1-15(2,3)14-18-12(19-21-14)8-9-17-13(20)10-6-4-5-7-11(10)16/h4-7H,8-9H2,1-3H3,(H,17,20). The van der Waals surface area contributed by atoms with Gasteiger partial charge in [-0.1, -0.05) is 38.1 Å². The van der Waals surface area contributed by atoms with Crippen molar-refractivity contribution in [3.05, 3.63) is 47.4 Å². The molecule has 0 spiro atoms. The first-order valence-corrected chi connectivity index (χ1v) is 6.74. The monoisotopic (exact) mass is 291 g/mol. The van der Waals surface area contributed by atoms with E-state index in [4.69, 9.17) is 4.52 Å². The van der Waals surface area contributed by atoms with Gasteiger partial charge in [-0.05, 0) is 12.1 Å². The van der Waals surface area contributed by atoms with Gasteiger partial charge in [-0.15, -0.1) is 0 Å². The average molecular weight is 291 g/mol. The molecule has 2 aromatic rings. The number of nitrogens with zero attached hydrogens (tertiary/aromatic N) is 2. The van der Waals surface area contributed by atoms with E-state index in [1.165, 1.54) is 12.1 Å². The molecule has 2 rings (SSSR count). The molecule has 0 fully saturated rings. The molecule has 0 saturated heterocycles. The summed E-state index contributed by atoms with van der Waals surface area (Å²) in [4.78, 5) is 16.1. The van der Waals surface area contributed by atoms with E-state index in [0.29, 0.717) is 24.7 Å². The van der Waals surface area contributed by atoms with Gasteiger partial charge < -0.3 is 9.84 Å². The molecule has 1 heterocycles. The van der Waals surface area contributed by atoms with Crippen LogP contribution in [0.3, 0.4) is 0 Å². The first kappa shape index (κ1) is 15.2. The van der Waals surface area contributed by atoms with Gasteiger partial charge in [0.25, 0.3) is 5.91 Å². The lowest BCUT2D eigenvalue weighted by Gasteiger charge is -2.10. The minimum atomic E-state index is -0.537. The highest BCUT2D eigenvalue weighted by Gasteiger charge is 2.21. The lowest BCUT2D eigenvalue weighted by Crippen LogP contribution is -2.26. The Kier molecular flexibility index (Phi) is 4.35. The number of halogens is 1. The number of benzene rings is 1. The summed E-state index contributed by atoms with van der Waals surface area (Å²) in [6, 6.07) is 5.85. The van der Waals surface area contributed by atoms with E-state index in [9.17, 15) is 9.18 Å². The second-order valence-corrected chi connectivity index (χ2v) is 5.75. The van der Waals surface area contributed by atoms with Crippen molar-refractivity contribution in [2.75, 3.05) is 6.54 Å². The maximum Gasteiger partial charge on any atom is 0.254 e. The molecule has 21 heavy (non-hydrogen) atoms. The van der Waals surface area contributed by atoms with Gasteiger partial charge in [0, 0.05) is 18.4 Å². The molecule has 0 bridgehead atoms. The van der Waals surface area contributed by atoms with Crippen molar-refractivity contribution in [3.63, 3.8) is 0 Å². The van der Waals surface area contributed by atoms with Crippen LogP contribution in [0.25, 0.3) is 0 Å². The SMILES string of the molecule is CC(C)(C)c1nc(CCNC(=O)c2ccccc2F)no1. The molecule has 1 N–H and O–H groups in total. The summed E-state index contributed by atoms with van der Waals surface area (Å²) in [6.45, 7) is 6.25. The smallest absolute Gasteiger partial charge is 0.254 e. The van der Waals surface area contributed by atoms with Crippen molar-refractivity contribution in [1.29, 1.82) is 0 Å². The van der Waals surface area contributed by atoms with Gasteiger partial charge in [-0.25, -0.2) is 4.39 Å². The fourth-order valence-electron chi connectivity index (χ4n) is 1.69. The van der Waals surface area contributed by atoms with E-state index >= 15 is 0 Å². The van der Waals surface area contributed by atoms with Crippen molar-refractivity contribution < 1.29 is 13.7 Å². The molecule has 1 aromatic carbocycles. The number of aromatic nitrogens is 2. The number of hydrogen-bond acceptors (Lipinski definition) is 4. The molecule has 5 nitrogen and oxygen atoms in total. The van der Waals surface area contributed by atoms with E-state index < -0.39 is 11.7 Å². The van der Waals surface area contributed by atoms with Crippen LogP contribution in [0.2, 0.25) is 0 Å². The molecule has 1 aromatic heterocycles. The summed E-state index contributed by atoms with van der Waals surface area (Å²) in [5.41, 5.74) is -0.178. The minimum Gasteiger partial charge on any atom is -0.351 e. The van der Waals surface area contributed by atoms with Gasteiger partial charge in [-0.3, -0.25) is 4.79 Å². The lowest BCUT2D eigenvalue weighted by molar-refractivity contribution is 0.0950. The maximum atomic E-state index is 13.4. The second kappa shape index (κ2) is 6.03. The van der Waals surface area contributed by atoms with Gasteiger partial charge in [0.1, 0.15) is 5.82 Å². The average Bonchev–Trinajstić information content (AvgIpc) is 2.88. The summed E-state index contributed by atoms with van der Waals surface area (Å²) in [7, 11) is 0. The molecule has 0 saturated carbocycles. The van der Waals surface area contributed by atoms with Crippen LogP contribution in [0.15, 0.2) is 28.8 Å². The fourth-order valence-corrected chi connectivity index (χ4v) is 1.69. The number of hydrogen-bond donors (Lipinski definition) is 1. The largest absolute Gasteiger partial charge is 0.351 e. The maximum absolute atomic E-state index is 13.4. The first-order chi connectivity index (χ1) is 9.88. The Morgan fingerprint density at radius 1 is 1.33 bits per heavy atom. The van der Waals surface area contributed by atoms with E-state index in [1.54, 1.807) is 12.1 Å². The van der Waals surface area contributed by atoms with Gasteiger partial charge >= 0.3 is 0 Å². The zero-order chi connectivity index (χ0) is 15.5. The predicted octanol–water partition coefficient (Wildman–Crippen LogP) is 2.48. The quantitative estimate of drug-likeness (QED) is 0.939. The van der Waals surface area contributed by atoms with E-state index in [0.717, 1.165) is 0 Å². The lowest BCUT2D eigenvalue weighted by atomic mass is 9.97. The summed E-state index contributed by atoms with van der Waals surface area (Å²) in [5.74, 6) is 0.0870. The number of rotatable bonds is 4. The topological polar surface area (TPSA) is 68.0 Å². The van der Waals surface area contributed by atoms with E-state index in [-0.39, 0.29) is 11.0 Å². The van der Waals surface area contributed by atoms with Crippen LogP contribution in [-0.4, -0.2) is 22.6 Å². The highest BCUT2D eigenvalue weighted by molar-refractivity contribution is 5.94. The summed E-state index contributed by atoms with van der Waals surface area (Å²) >= 11 is 0. The highest BCUT2D eigenvalue weighted by Crippen LogP contribution is 2.19. The Hall–Kier alpha value is -2.24. The normalized spacial score (nSPS) is 11.4. The van der Waals surface area contributed by atoms with Crippen LogP contribution in [0.5, 0.6) is 0 Å². The molecular weight excluding hydrogens is 273 g/mol. The molecule has 1 amide bonds. The minimum absolute atomic E-state index is 0.0287. The Morgan fingerprint density at radius 2 is 2.05 bits per heavy atom. The Labute approximate surface area is 122 Å². The third-order valence-corrected chi connectivity index (χ3v) is 2.86. The molecule has 112 valence electrons. The van der Waals surface area contributed by atoms with E-state index in [2.05, 4.69) is 15.5 Å². The summed E-state index contributed by atoms with van der Waals surface area (Å²) < 4.78 is 18.6. The van der Waals surface area contributed by atoms with Gasteiger partial charge in [0.05, 0.1) is 5.56 Å². The zero-order valence-corrected chi connectivity index (χ0v) is 12.3. The molecule has 0 aliphatic rings. The van der Waals surface area contributed by atoms with Gasteiger partial charge in [0.15, 0.2) is 5.82 Å². The number of amides is 1. The van der Waals surface area contributed by atoms with Crippen molar-refractivity contribution in [2.24, 2.45) is 0 Å². The van der Waals surface area contributed by atoms with Gasteiger partial charge in [-0.2, -0.15) is 4.98 Å². The molecule has 0 unspecified atom stereocenters. The van der Waals surface area contributed by atoms with Gasteiger partial charge in [0.2, 0.25) is 5.89 Å². The van der Waals surface area contributed by atoms with Crippen LogP contribution in [0.4, 0.5) is 4.39 Å². The number of carbonyl (C=O) groups is 1. The zero-order valence-electron chi connectivity index (χ0n) is 12.3. The van der Waals surface area contributed by atoms with Crippen molar-refractivity contribution in [2.45, 2.75) is 32.6 Å². The number of carbonyl (C=O) groups excluding carboxylic acids is 1. The molecule has 0 radical (unpaired) electrons. The van der Waals surface area contributed by atoms with Crippen molar-refractivity contribution in [1.82, 2.24) is 15.5 Å². The number of nitrogens with one attached hydrogen (secondary N) is 1. The third-order valence-electron chi connectivity index (χ3n) is 2.86. The van der Waals surface area contributed by atoms with Crippen LogP contribution < -0.4 is 5.32 Å². The fraction of sp³-hybridized carbons (Fsp3) is 0.400. The third kappa shape index (κ3) is 3.87.